The summed E-state index contributed by atoms with van der Waals surface area (Å²) in [5, 5.41) is 12.4. The van der Waals surface area contributed by atoms with Crippen molar-refractivity contribution in [3.05, 3.63) is 35.9 Å². The van der Waals surface area contributed by atoms with Crippen molar-refractivity contribution in [3.63, 3.8) is 0 Å². The zero-order valence-electron chi connectivity index (χ0n) is 18.0. The maximum Gasteiger partial charge on any atom is 0.413 e. The van der Waals surface area contributed by atoms with E-state index in [-0.39, 0.29) is 28.8 Å². The maximum absolute atomic E-state index is 12.6. The predicted octanol–water partition coefficient (Wildman–Crippen LogP) is 2.44. The van der Waals surface area contributed by atoms with E-state index in [2.05, 4.69) is 10.3 Å². The molecule has 0 aliphatic rings. The Balaban J connectivity index is 2.10. The van der Waals surface area contributed by atoms with E-state index in [1.165, 1.54) is 4.31 Å². The van der Waals surface area contributed by atoms with E-state index in [0.29, 0.717) is 31.7 Å². The Hall–Kier alpha value is -3.05. The SMILES string of the molecule is CCN(C(=O)O)c1cc(NCCc2ccc(S(=O)(=O)N(CC)CC)cc2)c(N)c(N)n1. The number of carbonyl (C=O) groups is 1. The lowest BCUT2D eigenvalue weighted by atomic mass is 10.1. The third-order valence-electron chi connectivity index (χ3n) is 4.89. The molecular formula is C20H30N6O4S. The molecule has 2 aromatic rings. The second-order valence-corrected chi connectivity index (χ2v) is 8.70. The van der Waals surface area contributed by atoms with E-state index in [9.17, 15) is 18.3 Å². The van der Waals surface area contributed by atoms with Crippen molar-refractivity contribution >= 4 is 39.1 Å². The van der Waals surface area contributed by atoms with Gasteiger partial charge in [0.15, 0.2) is 5.82 Å². The number of rotatable bonds is 10. The molecule has 0 aliphatic carbocycles. The molecule has 0 atom stereocenters. The quantitative estimate of drug-likeness (QED) is 0.430. The normalized spacial score (nSPS) is 11.5. The molecule has 11 heteroatoms. The standard InChI is InChI=1S/C20H30N6O4S/c1-4-25(5-2)31(29,30)15-9-7-14(8-10-15)11-12-23-16-13-17(24-19(22)18(16)21)26(6-3)20(27)28/h7-10,13H,4-6,11-12,21H2,1-3H3,(H,27,28)(H3,22,23,24). The molecule has 31 heavy (non-hydrogen) atoms. The van der Waals surface area contributed by atoms with Gasteiger partial charge in [0.2, 0.25) is 10.0 Å². The second-order valence-electron chi connectivity index (χ2n) is 6.76. The lowest BCUT2D eigenvalue weighted by molar-refractivity contribution is 0.202. The number of nitrogens with two attached hydrogens (primary N) is 2. The zero-order valence-corrected chi connectivity index (χ0v) is 18.8. The molecule has 6 N–H and O–H groups in total. The second kappa shape index (κ2) is 10.3. The van der Waals surface area contributed by atoms with Gasteiger partial charge >= 0.3 is 6.09 Å². The highest BCUT2D eigenvalue weighted by Crippen LogP contribution is 2.28. The van der Waals surface area contributed by atoms with Gasteiger partial charge in [-0.05, 0) is 31.0 Å². The van der Waals surface area contributed by atoms with Crippen LogP contribution in [0.25, 0.3) is 0 Å². The summed E-state index contributed by atoms with van der Waals surface area (Å²) in [6.07, 6.45) is -0.538. The fourth-order valence-electron chi connectivity index (χ4n) is 3.12. The predicted molar refractivity (Wildman–Crippen MR) is 123 cm³/mol. The van der Waals surface area contributed by atoms with E-state index in [1.807, 2.05) is 0 Å². The molecule has 0 saturated carbocycles. The maximum atomic E-state index is 12.6. The van der Waals surface area contributed by atoms with Crippen LogP contribution in [0.4, 0.5) is 27.8 Å². The largest absolute Gasteiger partial charge is 0.465 e. The van der Waals surface area contributed by atoms with E-state index >= 15 is 0 Å². The van der Waals surface area contributed by atoms with Gasteiger partial charge in [0.25, 0.3) is 0 Å². The summed E-state index contributed by atoms with van der Waals surface area (Å²) in [5.41, 5.74) is 13.5. The number of nitrogens with zero attached hydrogens (tertiary/aromatic N) is 3. The van der Waals surface area contributed by atoms with Gasteiger partial charge in [-0.1, -0.05) is 26.0 Å². The summed E-state index contributed by atoms with van der Waals surface area (Å²) in [6, 6.07) is 8.30. The lowest BCUT2D eigenvalue weighted by Crippen LogP contribution is -2.30. The van der Waals surface area contributed by atoms with Crippen molar-refractivity contribution in [1.29, 1.82) is 0 Å². The van der Waals surface area contributed by atoms with Gasteiger partial charge < -0.3 is 21.9 Å². The van der Waals surface area contributed by atoms with Crippen LogP contribution in [0.15, 0.2) is 35.2 Å². The third kappa shape index (κ3) is 5.56. The van der Waals surface area contributed by atoms with Crippen LogP contribution < -0.4 is 21.7 Å². The molecular weight excluding hydrogens is 420 g/mol. The Kier molecular flexibility index (Phi) is 8.06. The van der Waals surface area contributed by atoms with E-state index in [1.54, 1.807) is 51.1 Å². The molecule has 1 heterocycles. The van der Waals surface area contributed by atoms with Crippen LogP contribution in [-0.2, 0) is 16.4 Å². The monoisotopic (exact) mass is 450 g/mol. The summed E-state index contributed by atoms with van der Waals surface area (Å²) in [7, 11) is -3.49. The zero-order chi connectivity index (χ0) is 23.2. The van der Waals surface area contributed by atoms with Crippen LogP contribution in [0, 0.1) is 0 Å². The van der Waals surface area contributed by atoms with Crippen molar-refractivity contribution < 1.29 is 18.3 Å². The molecule has 0 fully saturated rings. The topological polar surface area (TPSA) is 155 Å². The smallest absolute Gasteiger partial charge is 0.413 e. The average molecular weight is 451 g/mol. The highest BCUT2D eigenvalue weighted by atomic mass is 32.2. The molecule has 0 unspecified atom stereocenters. The first-order valence-electron chi connectivity index (χ1n) is 10.0. The van der Waals surface area contributed by atoms with Gasteiger partial charge in [-0.2, -0.15) is 4.31 Å². The van der Waals surface area contributed by atoms with Gasteiger partial charge in [-0.15, -0.1) is 0 Å². The number of carboxylic acid groups (broad SMARTS) is 1. The van der Waals surface area contributed by atoms with Crippen molar-refractivity contribution in [3.8, 4) is 0 Å². The Morgan fingerprint density at radius 3 is 2.23 bits per heavy atom. The first-order chi connectivity index (χ1) is 14.6. The van der Waals surface area contributed by atoms with Gasteiger partial charge in [0, 0.05) is 32.2 Å². The highest BCUT2D eigenvalue weighted by molar-refractivity contribution is 7.89. The van der Waals surface area contributed by atoms with Crippen LogP contribution >= 0.6 is 0 Å². The van der Waals surface area contributed by atoms with E-state index in [0.717, 1.165) is 10.5 Å². The molecule has 1 aromatic carbocycles. The van der Waals surface area contributed by atoms with E-state index in [4.69, 9.17) is 11.5 Å². The number of nitrogen functional groups attached to an aromatic ring is 2. The number of pyridine rings is 1. The Morgan fingerprint density at radius 1 is 1.10 bits per heavy atom. The third-order valence-corrected chi connectivity index (χ3v) is 6.96. The first kappa shape index (κ1) is 24.2. The lowest BCUT2D eigenvalue weighted by Gasteiger charge is -2.19. The molecule has 0 radical (unpaired) electrons. The highest BCUT2D eigenvalue weighted by Gasteiger charge is 2.21. The van der Waals surface area contributed by atoms with Crippen molar-refractivity contribution in [1.82, 2.24) is 9.29 Å². The van der Waals surface area contributed by atoms with Crippen LogP contribution in [0.5, 0.6) is 0 Å². The number of nitrogens with one attached hydrogen (secondary N) is 1. The minimum atomic E-state index is -3.49. The van der Waals surface area contributed by atoms with Crippen LogP contribution in [0.2, 0.25) is 0 Å². The Bertz CT molecular complexity index is 1010. The molecule has 0 bridgehead atoms. The van der Waals surface area contributed by atoms with Crippen LogP contribution in [0.1, 0.15) is 26.3 Å². The fourth-order valence-corrected chi connectivity index (χ4v) is 4.58. The summed E-state index contributed by atoms with van der Waals surface area (Å²) in [4.78, 5) is 16.7. The number of hydrogen-bond acceptors (Lipinski definition) is 7. The summed E-state index contributed by atoms with van der Waals surface area (Å²) >= 11 is 0. The summed E-state index contributed by atoms with van der Waals surface area (Å²) in [5.74, 6) is 0.237. The Morgan fingerprint density at radius 2 is 1.71 bits per heavy atom. The van der Waals surface area contributed by atoms with Gasteiger partial charge in [-0.3, -0.25) is 4.90 Å². The summed E-state index contributed by atoms with van der Waals surface area (Å²) in [6.45, 7) is 6.84. The molecule has 1 amide bonds. The van der Waals surface area contributed by atoms with Crippen molar-refractivity contribution in [2.45, 2.75) is 32.1 Å². The first-order valence-corrected chi connectivity index (χ1v) is 11.5. The van der Waals surface area contributed by atoms with Gasteiger partial charge in [-0.25, -0.2) is 18.2 Å². The minimum absolute atomic E-state index is 0.0469. The average Bonchev–Trinajstić information content (AvgIpc) is 2.72. The molecule has 0 saturated heterocycles. The number of anilines is 4. The molecule has 2 rings (SSSR count). The molecule has 0 aliphatic heterocycles. The number of hydrogen-bond donors (Lipinski definition) is 4. The van der Waals surface area contributed by atoms with Crippen LogP contribution in [0.3, 0.4) is 0 Å². The number of benzene rings is 1. The van der Waals surface area contributed by atoms with E-state index < -0.39 is 16.1 Å². The number of sulfonamides is 1. The van der Waals surface area contributed by atoms with Crippen molar-refractivity contribution in [2.24, 2.45) is 0 Å². The molecule has 10 nitrogen and oxygen atoms in total. The minimum Gasteiger partial charge on any atom is -0.465 e. The fraction of sp³-hybridized carbons (Fsp3) is 0.400. The molecule has 170 valence electrons. The van der Waals surface area contributed by atoms with Crippen LogP contribution in [-0.4, -0.2) is 55.1 Å². The molecule has 1 aromatic heterocycles. The van der Waals surface area contributed by atoms with Crippen molar-refractivity contribution in [2.75, 3.05) is 47.9 Å². The number of aromatic nitrogens is 1. The number of amides is 1. The summed E-state index contributed by atoms with van der Waals surface area (Å²) < 4.78 is 26.6. The Labute approximate surface area is 182 Å². The van der Waals surface area contributed by atoms with Gasteiger partial charge in [0.05, 0.1) is 16.3 Å². The molecule has 0 spiro atoms. The van der Waals surface area contributed by atoms with Gasteiger partial charge in [0.1, 0.15) is 5.82 Å².